The highest BCUT2D eigenvalue weighted by Gasteiger charge is 2.16. The van der Waals surface area contributed by atoms with Crippen molar-refractivity contribution >= 4 is 23.1 Å². The number of thiophene rings is 1. The zero-order valence-electron chi connectivity index (χ0n) is 8.88. The van der Waals surface area contributed by atoms with Crippen molar-refractivity contribution in [2.24, 2.45) is 5.73 Å². The lowest BCUT2D eigenvalue weighted by Gasteiger charge is -2.08. The Morgan fingerprint density at radius 1 is 1.60 bits per heavy atom. The third-order valence-corrected chi connectivity index (χ3v) is 4.89. The van der Waals surface area contributed by atoms with Crippen molar-refractivity contribution in [2.75, 3.05) is 5.75 Å². The van der Waals surface area contributed by atoms with Crippen molar-refractivity contribution in [3.63, 3.8) is 0 Å². The Kier molecular flexibility index (Phi) is 3.74. The van der Waals surface area contributed by atoms with Crippen molar-refractivity contribution < 1.29 is 0 Å². The van der Waals surface area contributed by atoms with Crippen LogP contribution in [0.1, 0.15) is 34.7 Å². The summed E-state index contributed by atoms with van der Waals surface area (Å²) in [6, 6.07) is 2.40. The van der Waals surface area contributed by atoms with Gasteiger partial charge in [0, 0.05) is 21.9 Å². The summed E-state index contributed by atoms with van der Waals surface area (Å²) < 4.78 is 0. The summed E-state index contributed by atoms with van der Waals surface area (Å²) in [5, 5.41) is 0. The van der Waals surface area contributed by atoms with Crippen LogP contribution >= 0.6 is 23.1 Å². The topological polar surface area (TPSA) is 26.0 Å². The van der Waals surface area contributed by atoms with E-state index in [-0.39, 0.29) is 6.04 Å². The van der Waals surface area contributed by atoms with E-state index in [0.29, 0.717) is 0 Å². The molecule has 0 amide bonds. The highest BCUT2D eigenvalue weighted by molar-refractivity contribution is 7.98. The Balaban J connectivity index is 2.13. The van der Waals surface area contributed by atoms with Gasteiger partial charge in [-0.05, 0) is 30.7 Å². The Morgan fingerprint density at radius 2 is 2.47 bits per heavy atom. The quantitative estimate of drug-likeness (QED) is 0.800. The molecule has 1 aliphatic heterocycles. The molecule has 0 radical (unpaired) electrons. The first kappa shape index (κ1) is 11.1. The Hall–Kier alpha value is -0.430. The average molecular weight is 237 g/mol. The third kappa shape index (κ3) is 2.57. The van der Waals surface area contributed by atoms with Crippen molar-refractivity contribution in [2.45, 2.75) is 31.6 Å². The fourth-order valence-corrected chi connectivity index (χ4v) is 4.04. The van der Waals surface area contributed by atoms with Gasteiger partial charge in [0.05, 0.1) is 6.04 Å². The van der Waals surface area contributed by atoms with E-state index in [1.54, 1.807) is 4.88 Å². The largest absolute Gasteiger partial charge is 0.322 e. The lowest BCUT2D eigenvalue weighted by Crippen LogP contribution is -2.07. The van der Waals surface area contributed by atoms with Gasteiger partial charge in [-0.2, -0.15) is 11.8 Å². The summed E-state index contributed by atoms with van der Waals surface area (Å²) in [7, 11) is 0. The zero-order chi connectivity index (χ0) is 10.7. The molecule has 1 aromatic heterocycles. The number of thioether (sulfide) groups is 1. The normalized spacial score (nSPS) is 16.4. The molecule has 0 bridgehead atoms. The van der Waals surface area contributed by atoms with Crippen LogP contribution in [0.4, 0.5) is 0 Å². The summed E-state index contributed by atoms with van der Waals surface area (Å²) >= 11 is 3.91. The van der Waals surface area contributed by atoms with E-state index in [4.69, 9.17) is 5.73 Å². The Bertz CT molecular complexity index is 374. The smallest absolute Gasteiger partial charge is 0.0500 e. The first-order chi connectivity index (χ1) is 7.31. The SMILES string of the molecule is CC#CCC(N)c1cc2c(s1)CCSC2. The molecule has 0 saturated heterocycles. The third-order valence-electron chi connectivity index (χ3n) is 2.51. The van der Waals surface area contributed by atoms with Crippen LogP contribution in [0.15, 0.2) is 6.07 Å². The minimum absolute atomic E-state index is 0.109. The maximum atomic E-state index is 6.09. The minimum atomic E-state index is 0.109. The maximum absolute atomic E-state index is 6.09. The van der Waals surface area contributed by atoms with Crippen LogP contribution in [0.25, 0.3) is 0 Å². The molecule has 2 heterocycles. The molecule has 0 spiro atoms. The summed E-state index contributed by atoms with van der Waals surface area (Å²) in [4.78, 5) is 2.86. The van der Waals surface area contributed by atoms with Crippen molar-refractivity contribution in [1.82, 2.24) is 0 Å². The van der Waals surface area contributed by atoms with Gasteiger partial charge in [-0.3, -0.25) is 0 Å². The van der Waals surface area contributed by atoms with Crippen LogP contribution < -0.4 is 5.73 Å². The molecule has 1 aromatic rings. The van der Waals surface area contributed by atoms with Gasteiger partial charge in [0.25, 0.3) is 0 Å². The molecule has 0 aliphatic carbocycles. The molecule has 1 nitrogen and oxygen atoms in total. The van der Waals surface area contributed by atoms with Gasteiger partial charge in [-0.25, -0.2) is 0 Å². The predicted molar refractivity (Wildman–Crippen MR) is 69.2 cm³/mol. The maximum Gasteiger partial charge on any atom is 0.0500 e. The van der Waals surface area contributed by atoms with E-state index in [1.807, 2.05) is 30.0 Å². The second-order valence-electron chi connectivity index (χ2n) is 3.64. The fraction of sp³-hybridized carbons (Fsp3) is 0.500. The lowest BCUT2D eigenvalue weighted by molar-refractivity contribution is 0.770. The van der Waals surface area contributed by atoms with Gasteiger partial charge in [0.1, 0.15) is 0 Å². The van der Waals surface area contributed by atoms with Gasteiger partial charge in [0.15, 0.2) is 0 Å². The van der Waals surface area contributed by atoms with E-state index in [9.17, 15) is 0 Å². The number of nitrogens with two attached hydrogens (primary N) is 1. The highest BCUT2D eigenvalue weighted by Crippen LogP contribution is 2.34. The molecule has 0 saturated carbocycles. The zero-order valence-corrected chi connectivity index (χ0v) is 10.5. The molecular formula is C12H15NS2. The Morgan fingerprint density at radius 3 is 3.20 bits per heavy atom. The molecule has 2 rings (SSSR count). The van der Waals surface area contributed by atoms with Crippen molar-refractivity contribution in [3.05, 3.63) is 21.4 Å². The number of hydrogen-bond donors (Lipinski definition) is 1. The predicted octanol–water partition coefficient (Wildman–Crippen LogP) is 2.95. The average Bonchev–Trinajstić information content (AvgIpc) is 2.69. The van der Waals surface area contributed by atoms with Gasteiger partial charge >= 0.3 is 0 Å². The monoisotopic (exact) mass is 237 g/mol. The molecule has 1 aliphatic rings. The number of fused-ring (bicyclic) bond motifs is 1. The van der Waals surface area contributed by atoms with E-state index in [1.165, 1.54) is 22.6 Å². The summed E-state index contributed by atoms with van der Waals surface area (Å²) in [5.74, 6) is 8.38. The summed E-state index contributed by atoms with van der Waals surface area (Å²) in [6.07, 6.45) is 2.00. The number of aryl methyl sites for hydroxylation is 1. The van der Waals surface area contributed by atoms with Crippen LogP contribution in [0, 0.1) is 11.8 Å². The second kappa shape index (κ2) is 5.07. The Labute approximate surface area is 99.4 Å². The van der Waals surface area contributed by atoms with E-state index < -0.39 is 0 Å². The van der Waals surface area contributed by atoms with Gasteiger partial charge in [0.2, 0.25) is 0 Å². The fourth-order valence-electron chi connectivity index (χ4n) is 1.67. The van der Waals surface area contributed by atoms with Crippen LogP contribution in [-0.4, -0.2) is 5.75 Å². The molecule has 80 valence electrons. The number of hydrogen-bond acceptors (Lipinski definition) is 3. The van der Waals surface area contributed by atoms with E-state index in [2.05, 4.69) is 17.9 Å². The van der Waals surface area contributed by atoms with Gasteiger partial charge in [-0.15, -0.1) is 23.2 Å². The van der Waals surface area contributed by atoms with Crippen LogP contribution in [0.5, 0.6) is 0 Å². The standard InChI is InChI=1S/C12H15NS2/c1-2-3-4-10(13)12-7-9-8-14-6-5-11(9)15-12/h7,10H,4-6,8,13H2,1H3. The molecule has 3 heteroatoms. The van der Waals surface area contributed by atoms with Crippen LogP contribution in [0.2, 0.25) is 0 Å². The second-order valence-corrected chi connectivity index (χ2v) is 5.91. The minimum Gasteiger partial charge on any atom is -0.322 e. The molecule has 0 aromatic carbocycles. The highest BCUT2D eigenvalue weighted by atomic mass is 32.2. The summed E-state index contributed by atoms with van der Waals surface area (Å²) in [5.41, 5.74) is 7.60. The summed E-state index contributed by atoms with van der Waals surface area (Å²) in [6.45, 7) is 1.86. The molecular weight excluding hydrogens is 222 g/mol. The number of rotatable bonds is 2. The molecule has 2 N–H and O–H groups in total. The molecule has 15 heavy (non-hydrogen) atoms. The molecule has 1 atom stereocenters. The van der Waals surface area contributed by atoms with Gasteiger partial charge in [-0.1, -0.05) is 0 Å². The first-order valence-electron chi connectivity index (χ1n) is 5.15. The molecule has 0 fully saturated rings. The first-order valence-corrected chi connectivity index (χ1v) is 7.13. The van der Waals surface area contributed by atoms with Crippen LogP contribution in [-0.2, 0) is 12.2 Å². The van der Waals surface area contributed by atoms with Gasteiger partial charge < -0.3 is 5.73 Å². The lowest BCUT2D eigenvalue weighted by atomic mass is 10.1. The van der Waals surface area contributed by atoms with Crippen molar-refractivity contribution in [1.29, 1.82) is 0 Å². The van der Waals surface area contributed by atoms with Crippen molar-refractivity contribution in [3.8, 4) is 11.8 Å². The van der Waals surface area contributed by atoms with E-state index >= 15 is 0 Å². The van der Waals surface area contributed by atoms with E-state index in [0.717, 1.165) is 12.2 Å². The molecule has 1 unspecified atom stereocenters. The van der Waals surface area contributed by atoms with Crippen LogP contribution in [0.3, 0.4) is 0 Å².